The van der Waals surface area contributed by atoms with E-state index < -0.39 is 0 Å². The summed E-state index contributed by atoms with van der Waals surface area (Å²) >= 11 is 6.98. The summed E-state index contributed by atoms with van der Waals surface area (Å²) in [6, 6.07) is 10.4. The van der Waals surface area contributed by atoms with Gasteiger partial charge in [0.2, 0.25) is 11.9 Å². The molecule has 0 amide bonds. The summed E-state index contributed by atoms with van der Waals surface area (Å²) in [6.45, 7) is 1.05. The number of anilines is 4. The van der Waals surface area contributed by atoms with E-state index in [4.69, 9.17) is 16.5 Å². The van der Waals surface area contributed by atoms with Crippen LogP contribution < -0.4 is 22.1 Å². The third-order valence-electron chi connectivity index (χ3n) is 8.45. The maximum absolute atomic E-state index is 14.2. The first-order valence-electron chi connectivity index (χ1n) is 16.3. The normalized spacial score (nSPS) is 13.2. The van der Waals surface area contributed by atoms with Crippen molar-refractivity contribution in [3.63, 3.8) is 0 Å². The summed E-state index contributed by atoms with van der Waals surface area (Å²) in [5.41, 5.74) is 16.4. The van der Waals surface area contributed by atoms with E-state index in [1.165, 1.54) is 38.2 Å². The Morgan fingerprint density at radius 1 is 0.706 bits per heavy atom. The lowest BCUT2D eigenvalue weighted by Crippen LogP contribution is -2.12. The summed E-state index contributed by atoms with van der Waals surface area (Å²) < 4.78 is 19.3. The number of halogens is 3. The molecule has 0 aliphatic heterocycles. The van der Waals surface area contributed by atoms with E-state index in [0.29, 0.717) is 41.7 Å². The Hall–Kier alpha value is -5.29. The number of aromatic nitrogens is 10. The van der Waals surface area contributed by atoms with Gasteiger partial charge in [0.15, 0.2) is 11.3 Å². The standard InChI is InChI=1S/C17H13BrFN7.C17H20BrN7/c18-12-9-24-26-15(21-6-10-7-22-17(20)23-8-10)5-14(25-16(12)26)11-3-1-2-4-13(11)19;18-13-10-23-25-15(20-7-11-8-21-17(19)22-9-11)6-14(24-16(13)25)12-4-2-1-3-5-12/h1-5,7-9,21H,6H2,(H2,20,22,23);6,8-10,12,20H,1-5,7H2,(H2,19,21,22). The molecule has 8 rings (SSSR count). The fourth-order valence-corrected chi connectivity index (χ4v) is 6.55. The van der Waals surface area contributed by atoms with Crippen molar-refractivity contribution in [2.24, 2.45) is 0 Å². The molecule has 6 N–H and O–H groups in total. The monoisotopic (exact) mass is 814 g/mol. The van der Waals surface area contributed by atoms with Gasteiger partial charge >= 0.3 is 0 Å². The Bertz CT molecular complexity index is 2270. The van der Waals surface area contributed by atoms with E-state index in [2.05, 4.69) is 83.7 Å². The van der Waals surface area contributed by atoms with Crippen molar-refractivity contribution in [2.45, 2.75) is 51.1 Å². The summed E-state index contributed by atoms with van der Waals surface area (Å²) in [4.78, 5) is 25.4. The van der Waals surface area contributed by atoms with Crippen LogP contribution in [-0.4, -0.2) is 49.1 Å². The third-order valence-corrected chi connectivity index (χ3v) is 9.57. The quantitative estimate of drug-likeness (QED) is 0.126. The van der Waals surface area contributed by atoms with Crippen molar-refractivity contribution in [2.75, 3.05) is 22.1 Å². The van der Waals surface area contributed by atoms with Gasteiger partial charge in [-0.05, 0) is 56.8 Å². The highest BCUT2D eigenvalue weighted by molar-refractivity contribution is 9.11. The van der Waals surface area contributed by atoms with Gasteiger partial charge in [0.1, 0.15) is 17.5 Å². The molecule has 260 valence electrons. The molecule has 1 aromatic carbocycles. The van der Waals surface area contributed by atoms with Crippen LogP contribution in [0, 0.1) is 5.82 Å². The van der Waals surface area contributed by atoms with Gasteiger partial charge in [0.05, 0.1) is 27.0 Å². The molecule has 6 heterocycles. The molecule has 0 unspecified atom stereocenters. The van der Waals surface area contributed by atoms with Gasteiger partial charge in [-0.3, -0.25) is 0 Å². The summed E-state index contributed by atoms with van der Waals surface area (Å²) in [5, 5.41) is 15.4. The van der Waals surface area contributed by atoms with Crippen molar-refractivity contribution in [3.8, 4) is 11.3 Å². The van der Waals surface area contributed by atoms with E-state index in [0.717, 1.165) is 37.2 Å². The molecule has 0 radical (unpaired) electrons. The second-order valence-electron chi connectivity index (χ2n) is 12.0. The lowest BCUT2D eigenvalue weighted by molar-refractivity contribution is 0.437. The third kappa shape index (κ3) is 7.88. The van der Waals surface area contributed by atoms with Crippen molar-refractivity contribution in [1.82, 2.24) is 49.1 Å². The van der Waals surface area contributed by atoms with Gasteiger partial charge in [-0.25, -0.2) is 34.3 Å². The van der Waals surface area contributed by atoms with Gasteiger partial charge in [-0.15, -0.1) is 0 Å². The summed E-state index contributed by atoms with van der Waals surface area (Å²) in [7, 11) is 0. The van der Waals surface area contributed by atoms with E-state index >= 15 is 0 Å². The molecule has 51 heavy (non-hydrogen) atoms. The minimum absolute atomic E-state index is 0.220. The zero-order valence-electron chi connectivity index (χ0n) is 27.2. The number of rotatable bonds is 8. The zero-order chi connectivity index (χ0) is 35.3. The molecule has 1 fully saturated rings. The van der Waals surface area contributed by atoms with Crippen LogP contribution in [0.4, 0.5) is 27.9 Å². The Morgan fingerprint density at radius 3 is 1.80 bits per heavy atom. The number of nitrogens with two attached hydrogens (primary N) is 2. The number of nitrogens with zero attached hydrogens (tertiary/aromatic N) is 10. The van der Waals surface area contributed by atoms with E-state index in [1.807, 2.05) is 4.52 Å². The van der Waals surface area contributed by atoms with Gasteiger partial charge in [0, 0.05) is 78.3 Å². The van der Waals surface area contributed by atoms with Crippen LogP contribution >= 0.6 is 31.9 Å². The van der Waals surface area contributed by atoms with Crippen molar-refractivity contribution in [3.05, 3.63) is 105 Å². The topological polar surface area (TPSA) is 188 Å². The Labute approximate surface area is 308 Å². The smallest absolute Gasteiger partial charge is 0.219 e. The molecule has 0 spiro atoms. The molecule has 1 aliphatic rings. The predicted molar refractivity (Wildman–Crippen MR) is 200 cm³/mol. The second kappa shape index (κ2) is 15.3. The highest BCUT2D eigenvalue weighted by Crippen LogP contribution is 2.34. The van der Waals surface area contributed by atoms with Gasteiger partial charge in [0.25, 0.3) is 0 Å². The van der Waals surface area contributed by atoms with Crippen molar-refractivity contribution in [1.29, 1.82) is 0 Å². The maximum Gasteiger partial charge on any atom is 0.219 e. The van der Waals surface area contributed by atoms with E-state index in [9.17, 15) is 4.39 Å². The molecule has 0 saturated heterocycles. The maximum atomic E-state index is 14.2. The van der Waals surface area contributed by atoms with Crippen molar-refractivity contribution < 1.29 is 4.39 Å². The molecule has 7 aromatic rings. The van der Waals surface area contributed by atoms with E-state index in [1.54, 1.807) is 66.0 Å². The molecule has 0 atom stereocenters. The Balaban J connectivity index is 0.000000159. The average molecular weight is 817 g/mol. The first-order valence-corrected chi connectivity index (χ1v) is 17.8. The number of hydrogen-bond donors (Lipinski definition) is 4. The molecule has 1 aliphatic carbocycles. The largest absolute Gasteiger partial charge is 0.368 e. The van der Waals surface area contributed by atoms with Crippen LogP contribution in [0.15, 0.2) is 82.5 Å². The molecule has 17 heteroatoms. The lowest BCUT2D eigenvalue weighted by Gasteiger charge is -2.22. The zero-order valence-corrected chi connectivity index (χ0v) is 30.4. The highest BCUT2D eigenvalue weighted by Gasteiger charge is 2.20. The van der Waals surface area contributed by atoms with Crippen LogP contribution in [-0.2, 0) is 13.1 Å². The molecule has 0 bridgehead atoms. The molecular formula is C34H33Br2FN14. The Kier molecular flexibility index (Phi) is 10.3. The van der Waals surface area contributed by atoms with Crippen LogP contribution in [0.2, 0.25) is 0 Å². The first-order chi connectivity index (χ1) is 24.8. The SMILES string of the molecule is Nc1ncc(CNc2cc(-c3ccccc3F)nc3c(Br)cnn23)cn1.Nc1ncc(CNc2cc(C3CCCCC3)nc3c(Br)cnn23)cn1. The van der Waals surface area contributed by atoms with Crippen LogP contribution in [0.25, 0.3) is 22.6 Å². The van der Waals surface area contributed by atoms with Crippen molar-refractivity contribution >= 4 is 66.7 Å². The molecule has 14 nitrogen and oxygen atoms in total. The summed E-state index contributed by atoms with van der Waals surface area (Å²) in [6.07, 6.45) is 16.5. The minimum atomic E-state index is -0.335. The highest BCUT2D eigenvalue weighted by atomic mass is 79.9. The minimum Gasteiger partial charge on any atom is -0.368 e. The van der Waals surface area contributed by atoms with Crippen LogP contribution in [0.1, 0.15) is 54.8 Å². The van der Waals surface area contributed by atoms with Gasteiger partial charge < -0.3 is 22.1 Å². The number of benzene rings is 1. The van der Waals surface area contributed by atoms with Crippen LogP contribution in [0.3, 0.4) is 0 Å². The number of nitrogen functional groups attached to an aromatic ring is 2. The lowest BCUT2D eigenvalue weighted by atomic mass is 9.87. The first kappa shape index (κ1) is 34.2. The number of hydrogen-bond acceptors (Lipinski definition) is 12. The fraction of sp³-hybridized carbons (Fsp3) is 0.235. The molecule has 1 saturated carbocycles. The average Bonchev–Trinajstić information content (AvgIpc) is 3.73. The van der Waals surface area contributed by atoms with E-state index in [-0.39, 0.29) is 17.7 Å². The fourth-order valence-electron chi connectivity index (χ4n) is 5.85. The summed E-state index contributed by atoms with van der Waals surface area (Å²) in [5.74, 6) is 2.28. The molecule has 6 aromatic heterocycles. The van der Waals surface area contributed by atoms with Gasteiger partial charge in [-0.2, -0.15) is 19.2 Å². The number of fused-ring (bicyclic) bond motifs is 2. The Morgan fingerprint density at radius 2 is 1.24 bits per heavy atom. The van der Waals surface area contributed by atoms with Crippen LogP contribution in [0.5, 0.6) is 0 Å². The van der Waals surface area contributed by atoms with Gasteiger partial charge in [-0.1, -0.05) is 31.4 Å². The predicted octanol–water partition coefficient (Wildman–Crippen LogP) is 6.81. The molecular weight excluding hydrogens is 783 g/mol. The second-order valence-corrected chi connectivity index (χ2v) is 13.7. The number of nitrogens with one attached hydrogen (secondary N) is 2.